The van der Waals surface area contributed by atoms with Crippen molar-refractivity contribution in [2.24, 2.45) is 0 Å². The van der Waals surface area contributed by atoms with Gasteiger partial charge >= 0.3 is 6.18 Å². The molecule has 0 saturated carbocycles. The highest BCUT2D eigenvalue weighted by atomic mass is 32.1. The first-order valence-corrected chi connectivity index (χ1v) is 10.1. The maximum absolute atomic E-state index is 13.4. The first-order chi connectivity index (χ1) is 13.8. The fourth-order valence-corrected chi connectivity index (χ4v) is 3.52. The largest absolute Gasteiger partial charge is 0.433 e. The summed E-state index contributed by atoms with van der Waals surface area (Å²) in [5.41, 5.74) is 0.0278. The van der Waals surface area contributed by atoms with Crippen LogP contribution in [0.25, 0.3) is 0 Å². The van der Waals surface area contributed by atoms with Crippen LogP contribution in [0.15, 0.2) is 36.4 Å². The molecule has 1 aliphatic heterocycles. The van der Waals surface area contributed by atoms with Crippen LogP contribution in [0.1, 0.15) is 49.9 Å². The number of halogens is 3. The Morgan fingerprint density at radius 3 is 2.34 bits per heavy atom. The van der Waals surface area contributed by atoms with E-state index in [-0.39, 0.29) is 22.9 Å². The zero-order chi connectivity index (χ0) is 20.9. The van der Waals surface area contributed by atoms with Crippen LogP contribution in [0.3, 0.4) is 0 Å². The van der Waals surface area contributed by atoms with Gasteiger partial charge in [-0.1, -0.05) is 43.2 Å². The van der Waals surface area contributed by atoms with Crippen LogP contribution in [0.4, 0.5) is 24.9 Å². The molecule has 1 saturated heterocycles. The molecule has 156 valence electrons. The number of nitrogens with zero attached hydrogens (tertiary/aromatic N) is 3. The van der Waals surface area contributed by atoms with E-state index in [0.717, 1.165) is 37.3 Å². The fourth-order valence-electron chi connectivity index (χ4n) is 3.26. The molecule has 1 aromatic heterocycles. The molecule has 1 aromatic carbocycles. The molecule has 1 aliphatic rings. The van der Waals surface area contributed by atoms with Crippen LogP contribution < -0.4 is 15.5 Å². The van der Waals surface area contributed by atoms with Gasteiger partial charge < -0.3 is 15.5 Å². The number of benzene rings is 1. The lowest BCUT2D eigenvalue weighted by molar-refractivity contribution is -0.141. The van der Waals surface area contributed by atoms with Crippen molar-refractivity contribution in [3.8, 4) is 0 Å². The van der Waals surface area contributed by atoms with Gasteiger partial charge in [0.2, 0.25) is 5.95 Å². The van der Waals surface area contributed by atoms with Gasteiger partial charge in [-0.2, -0.15) is 18.2 Å². The number of nitrogens with one attached hydrogen (secondary N) is 2. The van der Waals surface area contributed by atoms with E-state index in [2.05, 4.69) is 20.6 Å². The summed E-state index contributed by atoms with van der Waals surface area (Å²) in [4.78, 5) is 9.84. The Hall–Kier alpha value is -2.42. The van der Waals surface area contributed by atoms with Gasteiger partial charge in [0.25, 0.3) is 0 Å². The van der Waals surface area contributed by atoms with Gasteiger partial charge in [-0.25, -0.2) is 4.98 Å². The number of thiocarbonyl (C=S) groups is 1. The van der Waals surface area contributed by atoms with Gasteiger partial charge in [0.1, 0.15) is 5.82 Å². The summed E-state index contributed by atoms with van der Waals surface area (Å²) in [6.07, 6.45) is -0.550. The molecule has 0 aliphatic carbocycles. The molecule has 5 nitrogen and oxygen atoms in total. The molecule has 0 unspecified atom stereocenters. The summed E-state index contributed by atoms with van der Waals surface area (Å²) in [7, 11) is 0. The third kappa shape index (κ3) is 6.03. The van der Waals surface area contributed by atoms with Crippen LogP contribution in [0.5, 0.6) is 0 Å². The molecule has 1 atom stereocenters. The first-order valence-electron chi connectivity index (χ1n) is 9.66. The Labute approximate surface area is 173 Å². The Kier molecular flexibility index (Phi) is 6.89. The molecular weight excluding hydrogens is 399 g/mol. The Morgan fingerprint density at radius 1 is 1.07 bits per heavy atom. The Balaban J connectivity index is 1.78. The van der Waals surface area contributed by atoms with E-state index in [0.29, 0.717) is 13.1 Å². The summed E-state index contributed by atoms with van der Waals surface area (Å²) in [5.74, 6) is 0.118. The van der Waals surface area contributed by atoms with Crippen LogP contribution in [-0.4, -0.2) is 28.2 Å². The predicted molar refractivity (Wildman–Crippen MR) is 112 cm³/mol. The minimum atomic E-state index is -4.56. The highest BCUT2D eigenvalue weighted by Crippen LogP contribution is 2.31. The molecule has 2 N–H and O–H groups in total. The Morgan fingerprint density at radius 2 is 1.72 bits per heavy atom. The van der Waals surface area contributed by atoms with Crippen molar-refractivity contribution in [3.05, 3.63) is 47.7 Å². The number of rotatable bonds is 4. The SMILES string of the molecule is C[C@@H](NC(=S)Nc1nc(N2CCCCCC2)cc(C(F)(F)F)n1)c1ccccc1. The van der Waals surface area contributed by atoms with Gasteiger partial charge in [0.05, 0.1) is 6.04 Å². The molecule has 0 bridgehead atoms. The van der Waals surface area contributed by atoms with Crippen molar-refractivity contribution in [2.45, 2.75) is 44.8 Å². The summed E-state index contributed by atoms with van der Waals surface area (Å²) in [5, 5.41) is 5.95. The first kappa shape index (κ1) is 21.3. The van der Waals surface area contributed by atoms with Crippen LogP contribution in [-0.2, 0) is 6.18 Å². The monoisotopic (exact) mass is 423 g/mol. The third-order valence-corrected chi connectivity index (χ3v) is 5.03. The van der Waals surface area contributed by atoms with Gasteiger partial charge in [-0.3, -0.25) is 0 Å². The van der Waals surface area contributed by atoms with E-state index in [4.69, 9.17) is 12.2 Å². The van der Waals surface area contributed by atoms with Crippen molar-refractivity contribution in [2.75, 3.05) is 23.3 Å². The van der Waals surface area contributed by atoms with Crippen LogP contribution in [0, 0.1) is 0 Å². The predicted octanol–water partition coefficient (Wildman–Crippen LogP) is 4.92. The van der Waals surface area contributed by atoms with Crippen molar-refractivity contribution in [1.82, 2.24) is 15.3 Å². The lowest BCUT2D eigenvalue weighted by Crippen LogP contribution is -2.32. The smallest absolute Gasteiger partial charge is 0.356 e. The van der Waals surface area contributed by atoms with Crippen molar-refractivity contribution < 1.29 is 13.2 Å². The molecule has 0 radical (unpaired) electrons. The molecule has 2 aromatic rings. The second-order valence-corrected chi connectivity index (χ2v) is 7.47. The molecule has 2 heterocycles. The molecule has 0 spiro atoms. The summed E-state index contributed by atoms with van der Waals surface area (Å²) in [6, 6.07) is 10.5. The van der Waals surface area contributed by atoms with Crippen molar-refractivity contribution in [1.29, 1.82) is 0 Å². The fraction of sp³-hybridized carbons (Fsp3) is 0.450. The standard InChI is InChI=1S/C20H24F3N5S/c1-14(15-9-5-4-6-10-15)24-19(29)27-18-25-16(20(21,22)23)13-17(26-18)28-11-7-2-3-8-12-28/h4-6,9-10,13-14H,2-3,7-8,11-12H2,1H3,(H2,24,25,26,27,29)/t14-/m1/s1. The summed E-state index contributed by atoms with van der Waals surface area (Å²) >= 11 is 5.27. The molecule has 3 rings (SSSR count). The van der Waals surface area contributed by atoms with Crippen molar-refractivity contribution >= 4 is 29.1 Å². The minimum Gasteiger partial charge on any atom is -0.356 e. The highest BCUT2D eigenvalue weighted by Gasteiger charge is 2.34. The molecule has 9 heteroatoms. The van der Waals surface area contributed by atoms with Crippen molar-refractivity contribution in [3.63, 3.8) is 0 Å². The van der Waals surface area contributed by atoms with E-state index in [1.165, 1.54) is 0 Å². The normalized spacial score (nSPS) is 16.1. The third-order valence-electron chi connectivity index (χ3n) is 4.81. The maximum Gasteiger partial charge on any atom is 0.433 e. The quantitative estimate of drug-likeness (QED) is 0.681. The number of hydrogen-bond donors (Lipinski definition) is 2. The van der Waals surface area contributed by atoms with E-state index in [1.807, 2.05) is 42.2 Å². The van der Waals surface area contributed by atoms with E-state index in [9.17, 15) is 13.2 Å². The maximum atomic E-state index is 13.4. The summed E-state index contributed by atoms with van der Waals surface area (Å²) in [6.45, 7) is 3.28. The van der Waals surface area contributed by atoms with Crippen LogP contribution in [0.2, 0.25) is 0 Å². The zero-order valence-corrected chi connectivity index (χ0v) is 17.0. The van der Waals surface area contributed by atoms with Gasteiger partial charge in [-0.15, -0.1) is 0 Å². The van der Waals surface area contributed by atoms with Gasteiger partial charge in [0.15, 0.2) is 10.8 Å². The summed E-state index contributed by atoms with van der Waals surface area (Å²) < 4.78 is 40.1. The molecule has 1 fully saturated rings. The second kappa shape index (κ2) is 9.39. The van der Waals surface area contributed by atoms with Gasteiger partial charge in [-0.05, 0) is 37.5 Å². The van der Waals surface area contributed by atoms with Crippen LogP contribution >= 0.6 is 12.2 Å². The highest BCUT2D eigenvalue weighted by molar-refractivity contribution is 7.80. The lowest BCUT2D eigenvalue weighted by atomic mass is 10.1. The van der Waals surface area contributed by atoms with E-state index in [1.54, 1.807) is 0 Å². The molecule has 0 amide bonds. The average molecular weight is 424 g/mol. The number of hydrogen-bond acceptors (Lipinski definition) is 4. The second-order valence-electron chi connectivity index (χ2n) is 7.06. The number of anilines is 2. The van der Waals surface area contributed by atoms with E-state index >= 15 is 0 Å². The molecular formula is C20H24F3N5S. The van der Waals surface area contributed by atoms with Gasteiger partial charge in [0, 0.05) is 19.2 Å². The minimum absolute atomic E-state index is 0.118. The topological polar surface area (TPSA) is 53.1 Å². The lowest BCUT2D eigenvalue weighted by Gasteiger charge is -2.23. The number of alkyl halides is 3. The molecule has 29 heavy (non-hydrogen) atoms. The Bertz CT molecular complexity index is 821. The average Bonchev–Trinajstić information content (AvgIpc) is 2.97. The number of aromatic nitrogens is 2. The zero-order valence-electron chi connectivity index (χ0n) is 16.2. The van der Waals surface area contributed by atoms with E-state index < -0.39 is 11.9 Å².